The van der Waals surface area contributed by atoms with Gasteiger partial charge in [0.25, 0.3) is 0 Å². The number of hydrogen-bond donors (Lipinski definition) is 2. The van der Waals surface area contributed by atoms with E-state index in [0.29, 0.717) is 22.4 Å². The molecule has 2 aromatic carbocycles. The van der Waals surface area contributed by atoms with Crippen molar-refractivity contribution in [2.75, 3.05) is 0 Å². The van der Waals surface area contributed by atoms with Crippen molar-refractivity contribution in [1.29, 1.82) is 0 Å². The monoisotopic (exact) mass is 487 g/mol. The number of rotatable bonds is 6. The summed E-state index contributed by atoms with van der Waals surface area (Å²) >= 11 is 12.6. The van der Waals surface area contributed by atoms with E-state index in [0.717, 1.165) is 30.4 Å². The molecule has 5 atom stereocenters. The van der Waals surface area contributed by atoms with Gasteiger partial charge in [-0.1, -0.05) is 67.7 Å². The van der Waals surface area contributed by atoms with Crippen LogP contribution in [0.4, 0.5) is 0 Å². The van der Waals surface area contributed by atoms with Crippen LogP contribution in [0.5, 0.6) is 0 Å². The lowest BCUT2D eigenvalue weighted by Gasteiger charge is -2.46. The van der Waals surface area contributed by atoms with E-state index in [9.17, 15) is 14.7 Å². The summed E-state index contributed by atoms with van der Waals surface area (Å²) < 4.78 is 0. The van der Waals surface area contributed by atoms with Crippen molar-refractivity contribution < 1.29 is 14.7 Å². The number of carboxylic acids is 1. The van der Waals surface area contributed by atoms with Gasteiger partial charge in [0.05, 0.1) is 6.42 Å². The summed E-state index contributed by atoms with van der Waals surface area (Å²) in [5.41, 5.74) is 2.33. The molecule has 1 aliphatic heterocycles. The number of halogens is 2. The molecule has 33 heavy (non-hydrogen) atoms. The zero-order valence-electron chi connectivity index (χ0n) is 19.1. The Hall–Kier alpha value is -2.04. The molecular weight excluding hydrogens is 457 g/mol. The fraction of sp³-hybridized carbons (Fsp3) is 0.481. The molecule has 2 aliphatic rings. The van der Waals surface area contributed by atoms with Gasteiger partial charge in [0, 0.05) is 33.8 Å². The van der Waals surface area contributed by atoms with E-state index in [4.69, 9.17) is 23.2 Å². The molecule has 2 aromatic rings. The maximum atomic E-state index is 13.1. The van der Waals surface area contributed by atoms with Gasteiger partial charge in [-0.15, -0.1) is 0 Å². The van der Waals surface area contributed by atoms with E-state index < -0.39 is 11.9 Å². The Balaban J connectivity index is 1.80. The van der Waals surface area contributed by atoms with E-state index >= 15 is 0 Å². The average molecular weight is 488 g/mol. The first-order valence-electron chi connectivity index (χ1n) is 11.7. The third kappa shape index (κ3) is 5.22. The Bertz CT molecular complexity index is 1020. The summed E-state index contributed by atoms with van der Waals surface area (Å²) in [6, 6.07) is 15.6. The second-order valence-electron chi connectivity index (χ2n) is 10.3. The number of amides is 1. The van der Waals surface area contributed by atoms with Crippen LogP contribution in [0.1, 0.15) is 68.9 Å². The fourth-order valence-electron chi connectivity index (χ4n) is 6.14. The first-order valence-corrected chi connectivity index (χ1v) is 12.4. The summed E-state index contributed by atoms with van der Waals surface area (Å²) in [5, 5.41) is 14.0. The van der Waals surface area contributed by atoms with Crippen LogP contribution in [-0.4, -0.2) is 23.0 Å². The minimum Gasteiger partial charge on any atom is -0.481 e. The lowest BCUT2D eigenvalue weighted by atomic mass is 9.64. The van der Waals surface area contributed by atoms with Crippen molar-refractivity contribution in [1.82, 2.24) is 5.32 Å². The predicted molar refractivity (Wildman–Crippen MR) is 132 cm³/mol. The van der Waals surface area contributed by atoms with Crippen molar-refractivity contribution in [3.8, 4) is 0 Å². The number of aliphatic carboxylic acids is 1. The smallest absolute Gasteiger partial charge is 0.304 e. The summed E-state index contributed by atoms with van der Waals surface area (Å²) in [6.45, 7) is 4.64. The minimum atomic E-state index is -0.954. The molecule has 1 amide bonds. The third-order valence-corrected chi connectivity index (χ3v) is 8.25. The molecule has 1 saturated heterocycles. The quantitative estimate of drug-likeness (QED) is 0.478. The summed E-state index contributed by atoms with van der Waals surface area (Å²) in [5.74, 6) is -1.27. The standard InChI is InChI=1S/C27H31Cl2NO3/c1-27(2)12-4-7-22(27)24(16-8-10-19(28)11-9-16)25-21(17-5-3-6-20(29)13-17)14-18(15-23(31)32)26(33)30-25/h3,5-6,8-11,13,18,21-22,24-25H,4,7,12,14-15H2,1-2H3,(H,30,33)(H,31,32). The normalized spacial score (nSPS) is 27.7. The van der Waals surface area contributed by atoms with Crippen molar-refractivity contribution >= 4 is 35.1 Å². The van der Waals surface area contributed by atoms with Crippen molar-refractivity contribution in [3.63, 3.8) is 0 Å². The molecule has 0 aromatic heterocycles. The number of piperidine rings is 1. The average Bonchev–Trinajstić information content (AvgIpc) is 3.10. The van der Waals surface area contributed by atoms with Crippen LogP contribution in [0.3, 0.4) is 0 Å². The highest BCUT2D eigenvalue weighted by molar-refractivity contribution is 6.30. The lowest BCUT2D eigenvalue weighted by molar-refractivity contribution is -0.142. The second-order valence-corrected chi connectivity index (χ2v) is 11.2. The van der Waals surface area contributed by atoms with Crippen LogP contribution in [0.25, 0.3) is 0 Å². The first-order chi connectivity index (χ1) is 15.7. The molecule has 1 saturated carbocycles. The van der Waals surface area contributed by atoms with Crippen LogP contribution < -0.4 is 5.32 Å². The predicted octanol–water partition coefficient (Wildman–Crippen LogP) is 6.67. The topological polar surface area (TPSA) is 66.4 Å². The lowest BCUT2D eigenvalue weighted by Crippen LogP contribution is -2.53. The molecule has 0 bridgehead atoms. The van der Waals surface area contributed by atoms with E-state index in [-0.39, 0.29) is 35.6 Å². The fourth-order valence-corrected chi connectivity index (χ4v) is 6.47. The van der Waals surface area contributed by atoms with Gasteiger partial charge in [0.1, 0.15) is 0 Å². The molecule has 0 radical (unpaired) electrons. The van der Waals surface area contributed by atoms with Crippen LogP contribution in [0.15, 0.2) is 48.5 Å². The largest absolute Gasteiger partial charge is 0.481 e. The summed E-state index contributed by atoms with van der Waals surface area (Å²) in [4.78, 5) is 24.6. The van der Waals surface area contributed by atoms with Gasteiger partial charge in [-0.25, -0.2) is 0 Å². The zero-order valence-corrected chi connectivity index (χ0v) is 20.6. The Morgan fingerprint density at radius 2 is 1.88 bits per heavy atom. The van der Waals surface area contributed by atoms with Crippen molar-refractivity contribution in [2.45, 2.75) is 63.8 Å². The maximum Gasteiger partial charge on any atom is 0.304 e. The molecule has 2 N–H and O–H groups in total. The number of carboxylic acid groups (broad SMARTS) is 1. The summed E-state index contributed by atoms with van der Waals surface area (Å²) in [7, 11) is 0. The minimum absolute atomic E-state index is 0.0390. The highest BCUT2D eigenvalue weighted by Gasteiger charge is 2.48. The van der Waals surface area contributed by atoms with Crippen LogP contribution in [0, 0.1) is 17.3 Å². The Labute approximate surface area is 205 Å². The van der Waals surface area contributed by atoms with E-state index in [2.05, 4.69) is 31.3 Å². The van der Waals surface area contributed by atoms with Gasteiger partial charge >= 0.3 is 5.97 Å². The molecule has 2 fully saturated rings. The third-order valence-electron chi connectivity index (χ3n) is 7.76. The molecule has 5 unspecified atom stereocenters. The van der Waals surface area contributed by atoms with Crippen molar-refractivity contribution in [3.05, 3.63) is 69.7 Å². The molecule has 1 aliphatic carbocycles. The molecule has 4 nitrogen and oxygen atoms in total. The molecule has 0 spiro atoms. The van der Waals surface area contributed by atoms with Gasteiger partial charge in [-0.3, -0.25) is 9.59 Å². The molecule has 176 valence electrons. The van der Waals surface area contributed by atoms with Crippen LogP contribution in [0.2, 0.25) is 10.0 Å². The van der Waals surface area contributed by atoms with Crippen LogP contribution >= 0.6 is 23.2 Å². The highest BCUT2D eigenvalue weighted by atomic mass is 35.5. The van der Waals surface area contributed by atoms with Crippen LogP contribution in [-0.2, 0) is 9.59 Å². The van der Waals surface area contributed by atoms with E-state index in [1.54, 1.807) is 0 Å². The SMILES string of the molecule is CC1(C)CCCC1C(c1ccc(Cl)cc1)C1NC(=O)C(CC(=O)O)CC1c1cccc(Cl)c1. The number of carbonyl (C=O) groups excluding carboxylic acids is 1. The van der Waals surface area contributed by atoms with Gasteiger partial charge in [-0.2, -0.15) is 0 Å². The van der Waals surface area contributed by atoms with Gasteiger partial charge in [-0.05, 0) is 66.0 Å². The molecular formula is C27H31Cl2NO3. The Morgan fingerprint density at radius 3 is 2.48 bits per heavy atom. The molecule has 4 rings (SSSR count). The van der Waals surface area contributed by atoms with Crippen molar-refractivity contribution in [2.24, 2.45) is 17.3 Å². The van der Waals surface area contributed by atoms with Gasteiger partial charge < -0.3 is 10.4 Å². The maximum absolute atomic E-state index is 13.1. The zero-order chi connectivity index (χ0) is 23.8. The molecule has 6 heteroatoms. The Morgan fingerprint density at radius 1 is 1.15 bits per heavy atom. The van der Waals surface area contributed by atoms with Gasteiger partial charge in [0.2, 0.25) is 5.91 Å². The number of nitrogens with one attached hydrogen (secondary N) is 1. The first kappa shape index (κ1) is 24.1. The van der Waals surface area contributed by atoms with E-state index in [1.165, 1.54) is 0 Å². The second kappa shape index (κ2) is 9.68. The number of benzene rings is 2. The van der Waals surface area contributed by atoms with Gasteiger partial charge in [0.15, 0.2) is 0 Å². The Kier molecular flexibility index (Phi) is 7.07. The highest BCUT2D eigenvalue weighted by Crippen LogP contribution is 2.53. The summed E-state index contributed by atoms with van der Waals surface area (Å²) in [6.07, 6.45) is 3.71. The molecule has 1 heterocycles. The number of hydrogen-bond acceptors (Lipinski definition) is 2. The number of carbonyl (C=O) groups is 2. The van der Waals surface area contributed by atoms with E-state index in [1.807, 2.05) is 36.4 Å².